The van der Waals surface area contributed by atoms with Gasteiger partial charge in [-0.15, -0.1) is 0 Å². The zero-order valence-corrected chi connectivity index (χ0v) is 15.7. The van der Waals surface area contributed by atoms with Crippen LogP contribution in [-0.4, -0.2) is 15.8 Å². The van der Waals surface area contributed by atoms with Gasteiger partial charge in [-0.2, -0.15) is 0 Å². The predicted octanol–water partition coefficient (Wildman–Crippen LogP) is 5.48. The standard InChI is InChI=1S/C22H21ClN2O/c1-22(2)12-18-20(19(26)13-22)16(11-15-5-3-4-6-17(15)23)21(25-18)14-7-9-24-10-8-14/h3-10,25H,11-13H2,1-2H3. The number of carbonyl (C=O) groups is 1. The molecular formula is C22H21ClN2O. The van der Waals surface area contributed by atoms with E-state index in [0.29, 0.717) is 12.8 Å². The lowest BCUT2D eigenvalue weighted by Gasteiger charge is -2.28. The number of hydrogen-bond donors (Lipinski definition) is 1. The average molecular weight is 365 g/mol. The molecule has 0 saturated carbocycles. The largest absolute Gasteiger partial charge is 0.358 e. The van der Waals surface area contributed by atoms with Gasteiger partial charge in [0, 0.05) is 47.1 Å². The van der Waals surface area contributed by atoms with Crippen LogP contribution in [0.4, 0.5) is 0 Å². The van der Waals surface area contributed by atoms with Gasteiger partial charge in [0.1, 0.15) is 0 Å². The molecule has 1 aromatic carbocycles. The molecule has 0 bridgehead atoms. The van der Waals surface area contributed by atoms with Crippen molar-refractivity contribution < 1.29 is 4.79 Å². The third-order valence-electron chi connectivity index (χ3n) is 5.05. The number of benzene rings is 1. The molecule has 0 amide bonds. The SMILES string of the molecule is CC1(C)CC(=O)c2c([nH]c(-c3ccncc3)c2Cc2ccccc2Cl)C1. The highest BCUT2D eigenvalue weighted by Gasteiger charge is 2.35. The molecule has 0 spiro atoms. The van der Waals surface area contributed by atoms with Gasteiger partial charge in [-0.3, -0.25) is 9.78 Å². The number of aromatic nitrogens is 2. The number of nitrogens with zero attached hydrogens (tertiary/aromatic N) is 1. The maximum Gasteiger partial charge on any atom is 0.165 e. The summed E-state index contributed by atoms with van der Waals surface area (Å²) in [6.45, 7) is 4.29. The molecule has 26 heavy (non-hydrogen) atoms. The summed E-state index contributed by atoms with van der Waals surface area (Å²) in [4.78, 5) is 20.6. The van der Waals surface area contributed by atoms with Crippen LogP contribution in [0.5, 0.6) is 0 Å². The Bertz CT molecular complexity index is 973. The van der Waals surface area contributed by atoms with Crippen LogP contribution in [0.1, 0.15) is 47.4 Å². The number of nitrogens with one attached hydrogen (secondary N) is 1. The van der Waals surface area contributed by atoms with Crippen molar-refractivity contribution in [1.29, 1.82) is 0 Å². The number of rotatable bonds is 3. The van der Waals surface area contributed by atoms with E-state index in [1.54, 1.807) is 12.4 Å². The van der Waals surface area contributed by atoms with Crippen LogP contribution in [-0.2, 0) is 12.8 Å². The summed E-state index contributed by atoms with van der Waals surface area (Å²) >= 11 is 6.40. The summed E-state index contributed by atoms with van der Waals surface area (Å²) in [6.07, 6.45) is 5.63. The minimum absolute atomic E-state index is 0.0217. The van der Waals surface area contributed by atoms with Crippen molar-refractivity contribution in [1.82, 2.24) is 9.97 Å². The molecule has 1 aliphatic carbocycles. The molecule has 4 heteroatoms. The van der Waals surface area contributed by atoms with E-state index in [4.69, 9.17) is 11.6 Å². The number of fused-ring (bicyclic) bond motifs is 1. The highest BCUT2D eigenvalue weighted by molar-refractivity contribution is 6.31. The van der Waals surface area contributed by atoms with Gasteiger partial charge in [0.2, 0.25) is 0 Å². The smallest absolute Gasteiger partial charge is 0.165 e. The normalized spacial score (nSPS) is 15.7. The molecule has 0 saturated heterocycles. The second-order valence-corrected chi connectivity index (χ2v) is 8.18. The Balaban J connectivity index is 1.89. The van der Waals surface area contributed by atoms with Crippen LogP contribution in [0.25, 0.3) is 11.3 Å². The number of H-pyrrole nitrogens is 1. The monoisotopic (exact) mass is 364 g/mol. The maximum atomic E-state index is 13.0. The van der Waals surface area contributed by atoms with Crippen molar-refractivity contribution >= 4 is 17.4 Å². The van der Waals surface area contributed by atoms with Crippen LogP contribution >= 0.6 is 11.6 Å². The molecule has 0 fully saturated rings. The predicted molar refractivity (Wildman–Crippen MR) is 105 cm³/mol. The first-order valence-electron chi connectivity index (χ1n) is 8.85. The lowest BCUT2D eigenvalue weighted by molar-refractivity contribution is 0.0911. The number of aromatic amines is 1. The Hall–Kier alpha value is -2.39. The van der Waals surface area contributed by atoms with Gasteiger partial charge in [0.25, 0.3) is 0 Å². The van der Waals surface area contributed by atoms with Crippen molar-refractivity contribution in [3.63, 3.8) is 0 Å². The summed E-state index contributed by atoms with van der Waals surface area (Å²) in [5, 5.41) is 0.728. The number of carbonyl (C=O) groups excluding carboxylic acids is 1. The van der Waals surface area contributed by atoms with Gasteiger partial charge in [0.15, 0.2) is 5.78 Å². The average Bonchev–Trinajstić information content (AvgIpc) is 2.95. The fraction of sp³-hybridized carbons (Fsp3) is 0.273. The number of pyridine rings is 1. The van der Waals surface area contributed by atoms with Gasteiger partial charge in [-0.1, -0.05) is 43.6 Å². The molecular weight excluding hydrogens is 344 g/mol. The number of hydrogen-bond acceptors (Lipinski definition) is 2. The van der Waals surface area contributed by atoms with E-state index in [2.05, 4.69) is 23.8 Å². The van der Waals surface area contributed by atoms with E-state index in [0.717, 1.165) is 45.1 Å². The minimum atomic E-state index is -0.0217. The van der Waals surface area contributed by atoms with E-state index in [-0.39, 0.29) is 11.2 Å². The van der Waals surface area contributed by atoms with E-state index < -0.39 is 0 Å². The zero-order chi connectivity index (χ0) is 18.3. The molecule has 3 aromatic rings. The fourth-order valence-corrected chi connectivity index (χ4v) is 4.11. The van der Waals surface area contributed by atoms with Crippen LogP contribution in [0.2, 0.25) is 5.02 Å². The van der Waals surface area contributed by atoms with E-state index in [9.17, 15) is 4.79 Å². The fourth-order valence-electron chi connectivity index (χ4n) is 3.90. The molecule has 2 heterocycles. The number of Topliss-reactive ketones (excluding diaryl/α,β-unsaturated/α-hetero) is 1. The molecule has 0 atom stereocenters. The van der Waals surface area contributed by atoms with Crippen molar-refractivity contribution in [2.45, 2.75) is 33.1 Å². The first-order valence-corrected chi connectivity index (χ1v) is 9.23. The minimum Gasteiger partial charge on any atom is -0.358 e. The summed E-state index contributed by atoms with van der Waals surface area (Å²) in [7, 11) is 0. The molecule has 132 valence electrons. The van der Waals surface area contributed by atoms with Crippen LogP contribution < -0.4 is 0 Å². The third kappa shape index (κ3) is 3.08. The maximum absolute atomic E-state index is 13.0. The molecule has 1 aliphatic rings. The van der Waals surface area contributed by atoms with E-state index >= 15 is 0 Å². The molecule has 0 radical (unpaired) electrons. The molecule has 3 nitrogen and oxygen atoms in total. The van der Waals surface area contributed by atoms with Crippen molar-refractivity contribution in [2.75, 3.05) is 0 Å². The van der Waals surface area contributed by atoms with Crippen molar-refractivity contribution in [2.24, 2.45) is 5.41 Å². The van der Waals surface area contributed by atoms with Gasteiger partial charge < -0.3 is 4.98 Å². The third-order valence-corrected chi connectivity index (χ3v) is 5.42. The van der Waals surface area contributed by atoms with E-state index in [1.807, 2.05) is 36.4 Å². The van der Waals surface area contributed by atoms with Crippen LogP contribution in [0.3, 0.4) is 0 Å². The Kier molecular flexibility index (Phi) is 4.20. The molecule has 0 aliphatic heterocycles. The topological polar surface area (TPSA) is 45.8 Å². The van der Waals surface area contributed by atoms with Gasteiger partial charge >= 0.3 is 0 Å². The van der Waals surface area contributed by atoms with Crippen LogP contribution in [0, 0.1) is 5.41 Å². The summed E-state index contributed by atoms with van der Waals surface area (Å²) < 4.78 is 0. The molecule has 0 unspecified atom stereocenters. The lowest BCUT2D eigenvalue weighted by atomic mass is 9.75. The van der Waals surface area contributed by atoms with Gasteiger partial charge in [-0.05, 0) is 41.2 Å². The molecule has 2 aromatic heterocycles. The summed E-state index contributed by atoms with van der Waals surface area (Å²) in [6, 6.07) is 11.8. The quantitative estimate of drug-likeness (QED) is 0.669. The highest BCUT2D eigenvalue weighted by atomic mass is 35.5. The second kappa shape index (κ2) is 6.40. The molecule has 1 N–H and O–H groups in total. The number of ketones is 1. The Labute approximate surface area is 158 Å². The highest BCUT2D eigenvalue weighted by Crippen LogP contribution is 2.40. The van der Waals surface area contributed by atoms with Gasteiger partial charge in [0.05, 0.1) is 5.69 Å². The van der Waals surface area contributed by atoms with Gasteiger partial charge in [-0.25, -0.2) is 0 Å². The first-order chi connectivity index (χ1) is 12.4. The molecule has 4 rings (SSSR count). The Morgan fingerprint density at radius 2 is 1.85 bits per heavy atom. The van der Waals surface area contributed by atoms with E-state index in [1.165, 1.54) is 0 Å². The van der Waals surface area contributed by atoms with Crippen molar-refractivity contribution in [3.8, 4) is 11.3 Å². The Morgan fingerprint density at radius 1 is 1.12 bits per heavy atom. The number of halogens is 1. The van der Waals surface area contributed by atoms with Crippen molar-refractivity contribution in [3.05, 3.63) is 76.2 Å². The summed E-state index contributed by atoms with van der Waals surface area (Å²) in [5.74, 6) is 0.217. The zero-order valence-electron chi connectivity index (χ0n) is 15.0. The Morgan fingerprint density at radius 3 is 2.58 bits per heavy atom. The summed E-state index contributed by atoms with van der Waals surface area (Å²) in [5.41, 5.74) is 6.00. The first kappa shape index (κ1) is 17.0. The lowest BCUT2D eigenvalue weighted by Crippen LogP contribution is -2.27. The van der Waals surface area contributed by atoms with Crippen LogP contribution in [0.15, 0.2) is 48.8 Å². The second-order valence-electron chi connectivity index (χ2n) is 7.78.